The Morgan fingerprint density at radius 1 is 1.29 bits per heavy atom. The fraction of sp³-hybridized carbons (Fsp3) is 0.467. The molecule has 1 aromatic carbocycles. The third-order valence-electron chi connectivity index (χ3n) is 3.55. The summed E-state index contributed by atoms with van der Waals surface area (Å²) in [5.41, 5.74) is 0.848. The predicted molar refractivity (Wildman–Crippen MR) is 76.3 cm³/mol. The molecule has 1 aromatic heterocycles. The topological polar surface area (TPSA) is 54.2 Å². The monoisotopic (exact) mass is 290 g/mol. The molecule has 1 saturated heterocycles. The molecule has 1 aliphatic heterocycles. The molecule has 1 fully saturated rings. The number of benzene rings is 1. The summed E-state index contributed by atoms with van der Waals surface area (Å²) in [6.45, 7) is 4.75. The quantitative estimate of drug-likeness (QED) is 0.927. The average Bonchev–Trinajstić information content (AvgIpc) is 2.73. The molecule has 1 aliphatic rings. The van der Waals surface area contributed by atoms with Crippen molar-refractivity contribution in [3.05, 3.63) is 47.4 Å². The van der Waals surface area contributed by atoms with Crippen molar-refractivity contribution < 1.29 is 8.91 Å². The van der Waals surface area contributed by atoms with Gasteiger partial charge in [0.1, 0.15) is 5.82 Å². The lowest BCUT2D eigenvalue weighted by molar-refractivity contribution is 0.238. The molecule has 0 spiro atoms. The van der Waals surface area contributed by atoms with Gasteiger partial charge in [-0.15, -0.1) is 0 Å². The lowest BCUT2D eigenvalue weighted by Crippen LogP contribution is -2.27. The van der Waals surface area contributed by atoms with Gasteiger partial charge in [-0.25, -0.2) is 4.39 Å². The van der Waals surface area contributed by atoms with Crippen LogP contribution in [0.15, 0.2) is 28.8 Å². The van der Waals surface area contributed by atoms with Gasteiger partial charge in [-0.05, 0) is 37.2 Å². The maximum absolute atomic E-state index is 13.1. The van der Waals surface area contributed by atoms with Crippen LogP contribution in [0.4, 0.5) is 4.39 Å². The minimum absolute atomic E-state index is 0.242. The Morgan fingerprint density at radius 3 is 3.14 bits per heavy atom. The number of nitrogens with one attached hydrogen (secondary N) is 1. The van der Waals surface area contributed by atoms with Gasteiger partial charge >= 0.3 is 0 Å². The van der Waals surface area contributed by atoms with E-state index in [2.05, 4.69) is 20.4 Å². The van der Waals surface area contributed by atoms with Crippen molar-refractivity contribution in [3.8, 4) is 0 Å². The Hall–Kier alpha value is -1.79. The second-order valence-electron chi connectivity index (χ2n) is 5.29. The Bertz CT molecular complexity index is 579. The van der Waals surface area contributed by atoms with E-state index in [1.165, 1.54) is 12.1 Å². The van der Waals surface area contributed by atoms with Crippen molar-refractivity contribution in [2.24, 2.45) is 0 Å². The predicted octanol–water partition coefficient (Wildman–Crippen LogP) is 1.59. The Balaban J connectivity index is 1.60. The molecule has 6 heteroatoms. The van der Waals surface area contributed by atoms with E-state index in [1.807, 2.05) is 6.07 Å². The zero-order valence-electron chi connectivity index (χ0n) is 11.9. The largest absolute Gasteiger partial charge is 0.338 e. The van der Waals surface area contributed by atoms with Crippen molar-refractivity contribution in [1.82, 2.24) is 20.4 Å². The second-order valence-corrected chi connectivity index (χ2v) is 5.29. The third kappa shape index (κ3) is 4.09. The fourth-order valence-electron chi connectivity index (χ4n) is 2.51. The van der Waals surface area contributed by atoms with Gasteiger partial charge in [0.15, 0.2) is 5.82 Å². The molecule has 0 unspecified atom stereocenters. The van der Waals surface area contributed by atoms with Crippen LogP contribution in [0.5, 0.6) is 0 Å². The molecule has 0 aliphatic carbocycles. The molecule has 0 atom stereocenters. The summed E-state index contributed by atoms with van der Waals surface area (Å²) in [5, 5.41) is 7.34. The molecular formula is C15H19FN4O. The Labute approximate surface area is 123 Å². The molecule has 2 heterocycles. The molecule has 0 radical (unpaired) electrons. The first kappa shape index (κ1) is 14.2. The van der Waals surface area contributed by atoms with Gasteiger partial charge in [0.05, 0.1) is 6.54 Å². The third-order valence-corrected chi connectivity index (χ3v) is 3.55. The summed E-state index contributed by atoms with van der Waals surface area (Å²) in [7, 11) is 0. The molecule has 0 bridgehead atoms. The first-order valence-electron chi connectivity index (χ1n) is 7.28. The summed E-state index contributed by atoms with van der Waals surface area (Å²) in [5.74, 6) is 0.986. The molecular weight excluding hydrogens is 271 g/mol. The van der Waals surface area contributed by atoms with E-state index in [-0.39, 0.29) is 5.82 Å². The molecule has 0 saturated carbocycles. The van der Waals surface area contributed by atoms with E-state index in [4.69, 9.17) is 4.52 Å². The number of nitrogens with zero attached hydrogens (tertiary/aromatic N) is 3. The summed E-state index contributed by atoms with van der Waals surface area (Å²) >= 11 is 0. The van der Waals surface area contributed by atoms with Gasteiger partial charge in [0, 0.05) is 19.5 Å². The highest BCUT2D eigenvalue weighted by molar-refractivity contribution is 5.19. The number of rotatable bonds is 4. The van der Waals surface area contributed by atoms with Gasteiger partial charge in [0.2, 0.25) is 5.89 Å². The molecule has 0 amide bonds. The van der Waals surface area contributed by atoms with Crippen molar-refractivity contribution in [3.63, 3.8) is 0 Å². The van der Waals surface area contributed by atoms with E-state index in [9.17, 15) is 4.39 Å². The average molecular weight is 290 g/mol. The normalized spacial score (nSPS) is 16.8. The van der Waals surface area contributed by atoms with Crippen molar-refractivity contribution in [2.75, 3.05) is 26.2 Å². The van der Waals surface area contributed by atoms with Crippen LogP contribution in [-0.2, 0) is 13.0 Å². The van der Waals surface area contributed by atoms with Gasteiger partial charge in [-0.3, -0.25) is 4.90 Å². The van der Waals surface area contributed by atoms with Crippen molar-refractivity contribution in [2.45, 2.75) is 19.4 Å². The highest BCUT2D eigenvalue weighted by Crippen LogP contribution is 2.10. The summed E-state index contributed by atoms with van der Waals surface area (Å²) in [4.78, 5) is 6.70. The summed E-state index contributed by atoms with van der Waals surface area (Å²) in [6.07, 6.45) is 1.62. The highest BCUT2D eigenvalue weighted by atomic mass is 19.1. The van der Waals surface area contributed by atoms with Crippen molar-refractivity contribution >= 4 is 0 Å². The van der Waals surface area contributed by atoms with Gasteiger partial charge < -0.3 is 9.84 Å². The minimum atomic E-state index is -0.242. The first-order chi connectivity index (χ1) is 10.3. The van der Waals surface area contributed by atoms with Crippen LogP contribution in [0.1, 0.15) is 23.7 Å². The molecule has 112 valence electrons. The maximum Gasteiger partial charge on any atom is 0.240 e. The number of hydrogen-bond donors (Lipinski definition) is 1. The van der Waals surface area contributed by atoms with E-state index in [0.717, 1.165) is 38.2 Å². The lowest BCUT2D eigenvalue weighted by Gasteiger charge is -2.16. The maximum atomic E-state index is 13.1. The van der Waals surface area contributed by atoms with Gasteiger partial charge in [-0.2, -0.15) is 4.98 Å². The smallest absolute Gasteiger partial charge is 0.240 e. The highest BCUT2D eigenvalue weighted by Gasteiger charge is 2.14. The number of aromatic nitrogens is 2. The molecule has 2 aromatic rings. The van der Waals surface area contributed by atoms with Crippen LogP contribution in [0.2, 0.25) is 0 Å². The van der Waals surface area contributed by atoms with E-state index < -0.39 is 0 Å². The number of hydrogen-bond acceptors (Lipinski definition) is 5. The first-order valence-corrected chi connectivity index (χ1v) is 7.28. The summed E-state index contributed by atoms with van der Waals surface area (Å²) < 4.78 is 18.4. The molecule has 1 N–H and O–H groups in total. The molecule has 21 heavy (non-hydrogen) atoms. The fourth-order valence-corrected chi connectivity index (χ4v) is 2.51. The van der Waals surface area contributed by atoms with E-state index >= 15 is 0 Å². The van der Waals surface area contributed by atoms with Crippen LogP contribution in [0.25, 0.3) is 0 Å². The van der Waals surface area contributed by atoms with Crippen LogP contribution < -0.4 is 5.32 Å². The van der Waals surface area contributed by atoms with Gasteiger partial charge in [0.25, 0.3) is 0 Å². The molecule has 5 nitrogen and oxygen atoms in total. The van der Waals surface area contributed by atoms with E-state index in [1.54, 1.807) is 6.07 Å². The number of halogens is 1. The minimum Gasteiger partial charge on any atom is -0.338 e. The standard InChI is InChI=1S/C15H19FN4O/c16-13-4-1-3-12(9-13)10-14-18-15(21-19-14)11-20-7-2-5-17-6-8-20/h1,3-4,9,17H,2,5-8,10-11H2. The van der Waals surface area contributed by atoms with Crippen molar-refractivity contribution in [1.29, 1.82) is 0 Å². The summed E-state index contributed by atoms with van der Waals surface area (Å²) in [6, 6.07) is 6.48. The lowest BCUT2D eigenvalue weighted by atomic mass is 10.1. The van der Waals surface area contributed by atoms with Gasteiger partial charge in [-0.1, -0.05) is 17.3 Å². The Kier molecular flexibility index (Phi) is 4.57. The zero-order valence-corrected chi connectivity index (χ0v) is 11.9. The van der Waals surface area contributed by atoms with Crippen LogP contribution in [0, 0.1) is 5.82 Å². The van der Waals surface area contributed by atoms with Crippen LogP contribution in [-0.4, -0.2) is 41.2 Å². The second kappa shape index (κ2) is 6.78. The van der Waals surface area contributed by atoms with Crippen LogP contribution >= 0.6 is 0 Å². The SMILES string of the molecule is Fc1cccc(Cc2noc(CN3CCCNCC3)n2)c1. The molecule has 3 rings (SSSR count). The van der Waals surface area contributed by atoms with Crippen LogP contribution in [0.3, 0.4) is 0 Å². The zero-order chi connectivity index (χ0) is 14.5. The Morgan fingerprint density at radius 2 is 2.24 bits per heavy atom. The van der Waals surface area contributed by atoms with E-state index in [0.29, 0.717) is 24.7 Å².